The molecule has 9 heteroatoms. The molecule has 27 heavy (non-hydrogen) atoms. The number of rotatable bonds is 5. The van der Waals surface area contributed by atoms with Gasteiger partial charge in [-0.15, -0.1) is 0 Å². The largest absolute Gasteiger partial charge is 0.378 e. The van der Waals surface area contributed by atoms with Gasteiger partial charge in [-0.1, -0.05) is 11.6 Å². The second-order valence-electron chi connectivity index (χ2n) is 6.17. The lowest BCUT2D eigenvalue weighted by Crippen LogP contribution is -2.38. The summed E-state index contributed by atoms with van der Waals surface area (Å²) >= 11 is 6.15. The summed E-state index contributed by atoms with van der Waals surface area (Å²) in [7, 11) is 1.63. The number of hydrogen-bond acceptors (Lipinski definition) is 6. The first kappa shape index (κ1) is 19.1. The number of amides is 1. The Hall–Kier alpha value is -2.71. The fraction of sp³-hybridized carbons (Fsp3) is 0.333. The van der Waals surface area contributed by atoms with Crippen LogP contribution in [0.5, 0.6) is 0 Å². The van der Waals surface area contributed by atoms with Crippen molar-refractivity contribution in [2.24, 2.45) is 0 Å². The molecule has 0 N–H and O–H groups in total. The van der Waals surface area contributed by atoms with Gasteiger partial charge in [-0.25, -0.2) is 4.98 Å². The molecule has 0 saturated carbocycles. The van der Waals surface area contributed by atoms with Crippen LogP contribution in [0.15, 0.2) is 36.5 Å². The second kappa shape index (κ2) is 8.32. The maximum atomic E-state index is 13.0. The summed E-state index contributed by atoms with van der Waals surface area (Å²) in [4.78, 5) is 31.4. The highest BCUT2D eigenvalue weighted by atomic mass is 35.5. The van der Waals surface area contributed by atoms with Crippen molar-refractivity contribution in [1.82, 2.24) is 9.88 Å². The molecule has 1 aliphatic rings. The number of carbonyl (C=O) groups excluding carboxylic acids is 1. The van der Waals surface area contributed by atoms with Gasteiger partial charge in [0.2, 0.25) is 0 Å². The van der Waals surface area contributed by atoms with E-state index in [0.29, 0.717) is 48.3 Å². The molecule has 1 aliphatic heterocycles. The summed E-state index contributed by atoms with van der Waals surface area (Å²) in [6, 6.07) is 7.64. The van der Waals surface area contributed by atoms with Crippen LogP contribution in [0.4, 0.5) is 11.5 Å². The molecule has 0 unspecified atom stereocenters. The maximum absolute atomic E-state index is 13.0. The highest BCUT2D eigenvalue weighted by Gasteiger charge is 2.23. The molecule has 0 radical (unpaired) electrons. The van der Waals surface area contributed by atoms with Crippen LogP contribution in [0.1, 0.15) is 15.9 Å². The SMILES string of the molecule is CN(Cc1cc([N+](=O)[O-])ccc1Cl)C(=O)c1cccnc1N1CCOCC1. The topological polar surface area (TPSA) is 88.8 Å². The number of ether oxygens (including phenoxy) is 1. The number of nitro groups is 1. The van der Waals surface area contributed by atoms with E-state index in [1.54, 1.807) is 25.4 Å². The average molecular weight is 391 g/mol. The van der Waals surface area contributed by atoms with Gasteiger partial charge in [0.05, 0.1) is 23.7 Å². The van der Waals surface area contributed by atoms with Crippen LogP contribution in [-0.2, 0) is 11.3 Å². The van der Waals surface area contributed by atoms with Crippen molar-refractivity contribution >= 4 is 29.0 Å². The molecule has 1 saturated heterocycles. The number of aromatic nitrogens is 1. The number of non-ortho nitro benzene ring substituents is 1. The summed E-state index contributed by atoms with van der Waals surface area (Å²) in [5, 5.41) is 11.4. The van der Waals surface area contributed by atoms with E-state index in [0.717, 1.165) is 0 Å². The van der Waals surface area contributed by atoms with E-state index in [9.17, 15) is 14.9 Å². The van der Waals surface area contributed by atoms with Crippen LogP contribution >= 0.6 is 11.6 Å². The Morgan fingerprint density at radius 2 is 2.11 bits per heavy atom. The predicted octanol–water partition coefficient (Wildman–Crippen LogP) is 2.75. The lowest BCUT2D eigenvalue weighted by molar-refractivity contribution is -0.384. The average Bonchev–Trinajstić information content (AvgIpc) is 2.69. The zero-order valence-electron chi connectivity index (χ0n) is 14.8. The molecule has 2 heterocycles. The zero-order chi connectivity index (χ0) is 19.4. The standard InChI is InChI=1S/C18H19ClN4O4/c1-21(12-13-11-14(23(25)26)4-5-16(13)19)18(24)15-3-2-6-20-17(15)22-7-9-27-10-8-22/h2-6,11H,7-10,12H2,1H3. The molecule has 0 aliphatic carbocycles. The molecule has 2 aromatic rings. The van der Waals surface area contributed by atoms with Gasteiger partial charge in [-0.05, 0) is 23.8 Å². The van der Waals surface area contributed by atoms with E-state index >= 15 is 0 Å². The monoisotopic (exact) mass is 390 g/mol. The Balaban J connectivity index is 1.82. The molecule has 1 aromatic heterocycles. The van der Waals surface area contributed by atoms with Crippen LogP contribution in [0.3, 0.4) is 0 Å². The molecule has 1 fully saturated rings. The van der Waals surface area contributed by atoms with Crippen LogP contribution < -0.4 is 4.90 Å². The fourth-order valence-corrected chi connectivity index (χ4v) is 3.10. The Morgan fingerprint density at radius 3 is 2.81 bits per heavy atom. The summed E-state index contributed by atoms with van der Waals surface area (Å²) in [5.41, 5.74) is 0.924. The molecule has 1 amide bonds. The number of nitro benzene ring substituents is 1. The van der Waals surface area contributed by atoms with Gasteiger partial charge in [0.1, 0.15) is 5.82 Å². The van der Waals surface area contributed by atoms with Crippen molar-refractivity contribution in [3.8, 4) is 0 Å². The molecule has 0 bridgehead atoms. The molecular formula is C18H19ClN4O4. The minimum Gasteiger partial charge on any atom is -0.378 e. The summed E-state index contributed by atoms with van der Waals surface area (Å²) in [6.45, 7) is 2.65. The third kappa shape index (κ3) is 4.35. The smallest absolute Gasteiger partial charge is 0.269 e. The minimum atomic E-state index is -0.487. The highest BCUT2D eigenvalue weighted by Crippen LogP contribution is 2.25. The van der Waals surface area contributed by atoms with Crippen LogP contribution in [0.25, 0.3) is 0 Å². The molecule has 0 atom stereocenters. The van der Waals surface area contributed by atoms with Crippen LogP contribution in [-0.4, -0.2) is 54.1 Å². The van der Waals surface area contributed by atoms with E-state index in [4.69, 9.17) is 16.3 Å². The number of nitrogens with zero attached hydrogens (tertiary/aromatic N) is 4. The Morgan fingerprint density at radius 1 is 1.37 bits per heavy atom. The van der Waals surface area contributed by atoms with E-state index in [-0.39, 0.29) is 18.1 Å². The van der Waals surface area contributed by atoms with E-state index < -0.39 is 4.92 Å². The molecule has 3 rings (SSSR count). The molecular weight excluding hydrogens is 372 g/mol. The van der Waals surface area contributed by atoms with Crippen molar-refractivity contribution in [3.63, 3.8) is 0 Å². The Bertz CT molecular complexity index is 855. The lowest BCUT2D eigenvalue weighted by atomic mass is 10.1. The zero-order valence-corrected chi connectivity index (χ0v) is 15.6. The maximum Gasteiger partial charge on any atom is 0.269 e. The number of morpholine rings is 1. The summed E-state index contributed by atoms with van der Waals surface area (Å²) in [6.07, 6.45) is 1.65. The van der Waals surface area contributed by atoms with Gasteiger partial charge in [0.15, 0.2) is 0 Å². The van der Waals surface area contributed by atoms with Gasteiger partial charge in [0, 0.05) is 50.0 Å². The van der Waals surface area contributed by atoms with E-state index in [2.05, 4.69) is 4.98 Å². The molecule has 1 aromatic carbocycles. The third-order valence-electron chi connectivity index (χ3n) is 4.32. The number of benzene rings is 1. The molecule has 8 nitrogen and oxygen atoms in total. The molecule has 0 spiro atoms. The Kier molecular flexibility index (Phi) is 5.88. The van der Waals surface area contributed by atoms with E-state index in [1.165, 1.54) is 23.1 Å². The highest BCUT2D eigenvalue weighted by molar-refractivity contribution is 6.31. The number of hydrogen-bond donors (Lipinski definition) is 0. The first-order chi connectivity index (χ1) is 13.0. The van der Waals surface area contributed by atoms with Crippen LogP contribution in [0, 0.1) is 10.1 Å². The summed E-state index contributed by atoms with van der Waals surface area (Å²) in [5.74, 6) is 0.384. The normalized spacial score (nSPS) is 14.1. The van der Waals surface area contributed by atoms with Gasteiger partial charge in [0.25, 0.3) is 11.6 Å². The van der Waals surface area contributed by atoms with Gasteiger partial charge >= 0.3 is 0 Å². The number of halogens is 1. The van der Waals surface area contributed by atoms with Crippen molar-refractivity contribution in [2.75, 3.05) is 38.3 Å². The quantitative estimate of drug-likeness (QED) is 0.576. The van der Waals surface area contributed by atoms with Crippen LogP contribution in [0.2, 0.25) is 5.02 Å². The Labute approximate surface area is 161 Å². The first-order valence-corrected chi connectivity index (χ1v) is 8.81. The number of anilines is 1. The predicted molar refractivity (Wildman–Crippen MR) is 101 cm³/mol. The second-order valence-corrected chi connectivity index (χ2v) is 6.58. The molecule has 142 valence electrons. The number of carbonyl (C=O) groups is 1. The van der Waals surface area contributed by atoms with Crippen molar-refractivity contribution in [1.29, 1.82) is 0 Å². The van der Waals surface area contributed by atoms with Gasteiger partial charge in [-0.3, -0.25) is 14.9 Å². The van der Waals surface area contributed by atoms with E-state index in [1.807, 2.05) is 4.90 Å². The number of pyridine rings is 1. The lowest BCUT2D eigenvalue weighted by Gasteiger charge is -2.30. The van der Waals surface area contributed by atoms with Gasteiger partial charge < -0.3 is 14.5 Å². The fourth-order valence-electron chi connectivity index (χ4n) is 2.92. The first-order valence-electron chi connectivity index (χ1n) is 8.43. The third-order valence-corrected chi connectivity index (χ3v) is 4.69. The van der Waals surface area contributed by atoms with Crippen molar-refractivity contribution in [2.45, 2.75) is 6.54 Å². The van der Waals surface area contributed by atoms with Crippen molar-refractivity contribution in [3.05, 3.63) is 62.8 Å². The minimum absolute atomic E-state index is 0.0642. The van der Waals surface area contributed by atoms with Gasteiger partial charge in [-0.2, -0.15) is 0 Å². The van der Waals surface area contributed by atoms with Crippen molar-refractivity contribution < 1.29 is 14.5 Å². The summed E-state index contributed by atoms with van der Waals surface area (Å²) < 4.78 is 5.36.